The molecule has 0 saturated carbocycles. The Morgan fingerprint density at radius 1 is 1.20 bits per heavy atom. The van der Waals surface area contributed by atoms with Gasteiger partial charge in [0.2, 0.25) is 5.95 Å². The summed E-state index contributed by atoms with van der Waals surface area (Å²) in [6.45, 7) is 6.68. The molecule has 1 saturated heterocycles. The van der Waals surface area contributed by atoms with E-state index in [9.17, 15) is 4.79 Å². The van der Waals surface area contributed by atoms with Crippen molar-refractivity contribution in [2.45, 2.75) is 45.8 Å². The Labute approximate surface area is 204 Å². The number of aromatic nitrogens is 4. The molecular weight excluding hydrogens is 440 g/mol. The van der Waals surface area contributed by atoms with Crippen molar-refractivity contribution in [3.05, 3.63) is 70.3 Å². The molecule has 8 nitrogen and oxygen atoms in total. The van der Waals surface area contributed by atoms with Gasteiger partial charge in [0.15, 0.2) is 11.2 Å². The highest BCUT2D eigenvalue weighted by Crippen LogP contribution is 2.29. The fraction of sp³-hybridized carbons (Fsp3) is 0.370. The standard InChI is InChI=1S/C27H32N6O2/c1-18(2)12-14-33-24-25(30-27(33)31-13-6-7-20(28)16-31)29-17-32(26(24)34)15-19-10-11-23(35-3)22-9-5-4-8-21(19)22/h4-5,8-12,17,20H,6-7,13-16,28H2,1-3H3. The molecule has 0 bridgehead atoms. The van der Waals surface area contributed by atoms with Crippen molar-refractivity contribution in [2.24, 2.45) is 5.73 Å². The van der Waals surface area contributed by atoms with Crippen LogP contribution in [0.15, 0.2) is 59.2 Å². The van der Waals surface area contributed by atoms with Crippen molar-refractivity contribution in [1.82, 2.24) is 19.1 Å². The number of allylic oxidation sites excluding steroid dienone is 2. The van der Waals surface area contributed by atoms with E-state index < -0.39 is 0 Å². The van der Waals surface area contributed by atoms with Gasteiger partial charge < -0.3 is 19.9 Å². The summed E-state index contributed by atoms with van der Waals surface area (Å²) >= 11 is 0. The molecule has 1 aliphatic heterocycles. The van der Waals surface area contributed by atoms with E-state index in [0.29, 0.717) is 24.3 Å². The summed E-state index contributed by atoms with van der Waals surface area (Å²) in [5.74, 6) is 1.58. The number of methoxy groups -OCH3 is 1. The van der Waals surface area contributed by atoms with E-state index in [1.165, 1.54) is 5.57 Å². The Hall–Kier alpha value is -3.65. The number of nitrogens with two attached hydrogens (primary N) is 1. The number of fused-ring (bicyclic) bond motifs is 2. The number of imidazole rings is 1. The number of benzene rings is 2. The molecule has 2 N–H and O–H groups in total. The molecule has 182 valence electrons. The number of rotatable bonds is 6. The summed E-state index contributed by atoms with van der Waals surface area (Å²) in [5.41, 5.74) is 9.37. The Bertz CT molecular complexity index is 1460. The number of hydrogen-bond donors (Lipinski definition) is 1. The largest absolute Gasteiger partial charge is 0.496 e. The third-order valence-electron chi connectivity index (χ3n) is 6.67. The van der Waals surface area contributed by atoms with Gasteiger partial charge in [-0.15, -0.1) is 0 Å². The van der Waals surface area contributed by atoms with Gasteiger partial charge in [-0.1, -0.05) is 42.0 Å². The molecule has 2 aromatic heterocycles. The van der Waals surface area contributed by atoms with E-state index in [2.05, 4.69) is 35.9 Å². The minimum absolute atomic E-state index is 0.0999. The predicted octanol–water partition coefficient (Wildman–Crippen LogP) is 3.70. The minimum atomic E-state index is -0.0999. The SMILES string of the molecule is COc1ccc(Cn2cnc3nc(N4CCCC(N)C4)n(CC=C(C)C)c3c2=O)c2ccccc12. The van der Waals surface area contributed by atoms with Crippen LogP contribution in [0.5, 0.6) is 5.75 Å². The minimum Gasteiger partial charge on any atom is -0.496 e. The quantitative estimate of drug-likeness (QED) is 0.430. The number of anilines is 1. The zero-order valence-corrected chi connectivity index (χ0v) is 20.6. The highest BCUT2D eigenvalue weighted by atomic mass is 16.5. The molecule has 8 heteroatoms. The molecular formula is C27H32N6O2. The summed E-state index contributed by atoms with van der Waals surface area (Å²) in [4.78, 5) is 25.4. The lowest BCUT2D eigenvalue weighted by Gasteiger charge is -2.31. The van der Waals surface area contributed by atoms with E-state index in [1.54, 1.807) is 18.0 Å². The summed E-state index contributed by atoms with van der Waals surface area (Å²) in [6.07, 6.45) is 5.73. The summed E-state index contributed by atoms with van der Waals surface area (Å²) in [7, 11) is 1.67. The van der Waals surface area contributed by atoms with E-state index in [-0.39, 0.29) is 11.6 Å². The number of hydrogen-bond acceptors (Lipinski definition) is 6. The third kappa shape index (κ3) is 4.41. The molecule has 0 aliphatic carbocycles. The molecule has 0 radical (unpaired) electrons. The lowest BCUT2D eigenvalue weighted by molar-refractivity contribution is 0.419. The first-order valence-corrected chi connectivity index (χ1v) is 12.1. The molecule has 5 rings (SSSR count). The fourth-order valence-corrected chi connectivity index (χ4v) is 4.87. The average molecular weight is 473 g/mol. The molecule has 1 unspecified atom stereocenters. The Morgan fingerprint density at radius 3 is 2.74 bits per heavy atom. The molecule has 2 aromatic carbocycles. The van der Waals surface area contributed by atoms with Crippen LogP contribution >= 0.6 is 0 Å². The maximum Gasteiger partial charge on any atom is 0.279 e. The smallest absolute Gasteiger partial charge is 0.279 e. The summed E-state index contributed by atoms with van der Waals surface area (Å²) in [6, 6.07) is 12.1. The van der Waals surface area contributed by atoms with Gasteiger partial charge in [0.25, 0.3) is 5.56 Å². The van der Waals surface area contributed by atoms with Crippen LogP contribution in [0.1, 0.15) is 32.3 Å². The van der Waals surface area contributed by atoms with Gasteiger partial charge in [-0.2, -0.15) is 4.98 Å². The van der Waals surface area contributed by atoms with Gasteiger partial charge in [-0.3, -0.25) is 9.36 Å². The fourth-order valence-electron chi connectivity index (χ4n) is 4.87. The molecule has 1 atom stereocenters. The van der Waals surface area contributed by atoms with Gasteiger partial charge in [-0.05, 0) is 43.7 Å². The molecule has 1 aliphatic rings. The van der Waals surface area contributed by atoms with Crippen LogP contribution in [0.2, 0.25) is 0 Å². The van der Waals surface area contributed by atoms with Crippen LogP contribution in [0.25, 0.3) is 21.9 Å². The molecule has 0 spiro atoms. The highest BCUT2D eigenvalue weighted by Gasteiger charge is 2.24. The van der Waals surface area contributed by atoms with E-state index in [1.807, 2.05) is 34.9 Å². The number of piperidine rings is 1. The first-order valence-electron chi connectivity index (χ1n) is 12.1. The highest BCUT2D eigenvalue weighted by molar-refractivity contribution is 5.91. The third-order valence-corrected chi connectivity index (χ3v) is 6.67. The second-order valence-corrected chi connectivity index (χ2v) is 9.47. The van der Waals surface area contributed by atoms with Crippen molar-refractivity contribution in [3.8, 4) is 5.75 Å². The molecule has 3 heterocycles. The van der Waals surface area contributed by atoms with Gasteiger partial charge in [0, 0.05) is 31.1 Å². The van der Waals surface area contributed by atoms with Crippen LogP contribution in [-0.2, 0) is 13.1 Å². The van der Waals surface area contributed by atoms with Crippen LogP contribution in [-0.4, -0.2) is 45.3 Å². The monoisotopic (exact) mass is 472 g/mol. The molecule has 4 aromatic rings. The zero-order valence-electron chi connectivity index (χ0n) is 20.6. The van der Waals surface area contributed by atoms with Gasteiger partial charge in [0.05, 0.1) is 13.7 Å². The van der Waals surface area contributed by atoms with Crippen LogP contribution in [0.4, 0.5) is 5.95 Å². The van der Waals surface area contributed by atoms with Crippen molar-refractivity contribution in [1.29, 1.82) is 0 Å². The first kappa shape index (κ1) is 23.1. The topological polar surface area (TPSA) is 91.2 Å². The maximum absolute atomic E-state index is 13.8. The van der Waals surface area contributed by atoms with Crippen molar-refractivity contribution >= 4 is 27.9 Å². The first-order chi connectivity index (χ1) is 17.0. The predicted molar refractivity (Wildman–Crippen MR) is 140 cm³/mol. The maximum atomic E-state index is 13.8. The van der Waals surface area contributed by atoms with Crippen LogP contribution in [0.3, 0.4) is 0 Å². The van der Waals surface area contributed by atoms with Crippen molar-refractivity contribution in [2.75, 3.05) is 25.1 Å². The lowest BCUT2D eigenvalue weighted by atomic mass is 10.0. The second kappa shape index (κ2) is 9.54. The van der Waals surface area contributed by atoms with Crippen molar-refractivity contribution in [3.63, 3.8) is 0 Å². The van der Waals surface area contributed by atoms with Crippen LogP contribution < -0.4 is 20.9 Å². The van der Waals surface area contributed by atoms with E-state index >= 15 is 0 Å². The van der Waals surface area contributed by atoms with Gasteiger partial charge >= 0.3 is 0 Å². The van der Waals surface area contributed by atoms with E-state index in [4.69, 9.17) is 15.5 Å². The Morgan fingerprint density at radius 2 is 2.00 bits per heavy atom. The molecule has 35 heavy (non-hydrogen) atoms. The second-order valence-electron chi connectivity index (χ2n) is 9.47. The summed E-state index contributed by atoms with van der Waals surface area (Å²) in [5, 5.41) is 2.08. The van der Waals surface area contributed by atoms with Crippen molar-refractivity contribution < 1.29 is 4.74 Å². The Balaban J connectivity index is 1.62. The molecule has 1 fully saturated rings. The van der Waals surface area contributed by atoms with Gasteiger partial charge in [-0.25, -0.2) is 4.98 Å². The van der Waals surface area contributed by atoms with Crippen LogP contribution in [0, 0.1) is 0 Å². The molecule has 0 amide bonds. The van der Waals surface area contributed by atoms with E-state index in [0.717, 1.165) is 54.0 Å². The number of nitrogens with zero attached hydrogens (tertiary/aromatic N) is 5. The lowest BCUT2D eigenvalue weighted by Crippen LogP contribution is -2.44. The Kier molecular flexibility index (Phi) is 6.30. The normalized spacial score (nSPS) is 16.1. The number of ether oxygens (including phenoxy) is 1. The summed E-state index contributed by atoms with van der Waals surface area (Å²) < 4.78 is 9.20. The van der Waals surface area contributed by atoms with Gasteiger partial charge in [0.1, 0.15) is 12.1 Å². The average Bonchev–Trinajstić information content (AvgIpc) is 3.24. The zero-order chi connectivity index (χ0) is 24.5.